The molecule has 0 N–H and O–H groups in total. The van der Waals surface area contributed by atoms with Crippen LogP contribution in [0.2, 0.25) is 0 Å². The van der Waals surface area contributed by atoms with Crippen LogP contribution >= 0.6 is 0 Å². The average Bonchev–Trinajstić information content (AvgIpc) is 2.52. The molecule has 1 rings (SSSR count). The molecule has 1 saturated carbocycles. The summed E-state index contributed by atoms with van der Waals surface area (Å²) in [7, 11) is 1.34. The Hall–Kier alpha value is -1.04. The van der Waals surface area contributed by atoms with Gasteiger partial charge >= 0.3 is 11.5 Å². The second-order valence-corrected chi connectivity index (χ2v) is 2.84. The van der Waals surface area contributed by atoms with Gasteiger partial charge in [-0.05, 0) is 12.8 Å². The minimum atomic E-state index is -0.825. The summed E-state index contributed by atoms with van der Waals surface area (Å²) in [4.78, 5) is 14.5. The number of ether oxygens (including phenoxy) is 1. The molecule has 0 radical (unpaired) electrons. The number of esters is 1. The predicted molar refractivity (Wildman–Crippen MR) is 39.8 cm³/mol. The largest absolute Gasteiger partial charge is 0.463 e. The fourth-order valence-corrected chi connectivity index (χ4v) is 1.51. The van der Waals surface area contributed by atoms with Crippen molar-refractivity contribution >= 4 is 5.97 Å². The molecule has 0 unspecified atom stereocenters. The Bertz CT molecular complexity index is 199. The Labute approximate surface area is 66.2 Å². The third-order valence-corrected chi connectivity index (χ3v) is 2.21. The molecule has 1 aliphatic carbocycles. The molecule has 0 spiro atoms. The minimum absolute atomic E-state index is 0.356. The first-order valence-corrected chi connectivity index (χ1v) is 3.72. The molecule has 0 atom stereocenters. The molecule has 3 nitrogen and oxygen atoms in total. The quantitative estimate of drug-likeness (QED) is 0.421. The zero-order valence-electron chi connectivity index (χ0n) is 6.59. The van der Waals surface area contributed by atoms with E-state index in [4.69, 9.17) is 6.57 Å². The highest BCUT2D eigenvalue weighted by Crippen LogP contribution is 2.34. The highest BCUT2D eigenvalue weighted by Gasteiger charge is 2.49. The smallest absolute Gasteiger partial charge is 0.393 e. The van der Waals surface area contributed by atoms with E-state index in [0.29, 0.717) is 12.8 Å². The highest BCUT2D eigenvalue weighted by atomic mass is 16.5. The summed E-state index contributed by atoms with van der Waals surface area (Å²) in [6.07, 6.45) is 3.28. The van der Waals surface area contributed by atoms with Gasteiger partial charge in [-0.15, -0.1) is 0 Å². The van der Waals surface area contributed by atoms with Gasteiger partial charge in [0, 0.05) is 12.8 Å². The van der Waals surface area contributed by atoms with Crippen molar-refractivity contribution in [2.75, 3.05) is 7.11 Å². The van der Waals surface area contributed by atoms with Gasteiger partial charge in [0.15, 0.2) is 0 Å². The number of nitrogens with zero attached hydrogens (tertiary/aromatic N) is 1. The first-order chi connectivity index (χ1) is 5.25. The van der Waals surface area contributed by atoms with E-state index in [1.54, 1.807) is 0 Å². The fraction of sp³-hybridized carbons (Fsp3) is 0.750. The second kappa shape index (κ2) is 2.91. The van der Waals surface area contributed by atoms with Crippen LogP contribution in [0.5, 0.6) is 0 Å². The van der Waals surface area contributed by atoms with Crippen molar-refractivity contribution in [1.82, 2.24) is 0 Å². The molecule has 0 aromatic rings. The fourth-order valence-electron chi connectivity index (χ4n) is 1.51. The van der Waals surface area contributed by atoms with Crippen LogP contribution in [0.4, 0.5) is 0 Å². The highest BCUT2D eigenvalue weighted by molar-refractivity contribution is 5.83. The summed E-state index contributed by atoms with van der Waals surface area (Å²) in [6, 6.07) is 0. The Balaban J connectivity index is 2.76. The molecule has 3 heteroatoms. The van der Waals surface area contributed by atoms with Gasteiger partial charge in [0.2, 0.25) is 0 Å². The lowest BCUT2D eigenvalue weighted by atomic mass is 10.00. The maximum atomic E-state index is 11.1. The first kappa shape index (κ1) is 8.06. The predicted octanol–water partition coefficient (Wildman–Crippen LogP) is 1.39. The van der Waals surface area contributed by atoms with Crippen molar-refractivity contribution in [2.24, 2.45) is 0 Å². The lowest BCUT2D eigenvalue weighted by Crippen LogP contribution is -2.32. The number of carbonyl (C=O) groups excluding carboxylic acids is 1. The van der Waals surface area contributed by atoms with Crippen molar-refractivity contribution in [3.05, 3.63) is 11.4 Å². The molecule has 0 aliphatic heterocycles. The molecular weight excluding hydrogens is 142 g/mol. The summed E-state index contributed by atoms with van der Waals surface area (Å²) < 4.78 is 4.58. The van der Waals surface area contributed by atoms with E-state index in [-0.39, 0.29) is 5.97 Å². The normalized spacial score (nSPS) is 20.7. The standard InChI is InChI=1S/C8H11NO2/c1-9-8(7(10)11-2)5-3-4-6-8/h3-6H2,2H3. The molecule has 0 heterocycles. The van der Waals surface area contributed by atoms with Gasteiger partial charge in [0.1, 0.15) is 0 Å². The third-order valence-electron chi connectivity index (χ3n) is 2.21. The van der Waals surface area contributed by atoms with Gasteiger partial charge in [-0.25, -0.2) is 11.4 Å². The summed E-state index contributed by atoms with van der Waals surface area (Å²) in [6.45, 7) is 6.91. The number of carbonyl (C=O) groups is 1. The van der Waals surface area contributed by atoms with E-state index in [9.17, 15) is 4.79 Å². The van der Waals surface area contributed by atoms with E-state index < -0.39 is 5.54 Å². The maximum absolute atomic E-state index is 11.1. The van der Waals surface area contributed by atoms with Crippen molar-refractivity contribution < 1.29 is 9.53 Å². The molecule has 0 aromatic heterocycles. The number of hydrogen-bond acceptors (Lipinski definition) is 2. The number of methoxy groups -OCH3 is 1. The van der Waals surface area contributed by atoms with Crippen LogP contribution in [0.1, 0.15) is 25.7 Å². The lowest BCUT2D eigenvalue weighted by molar-refractivity contribution is -0.145. The Morgan fingerprint density at radius 3 is 2.45 bits per heavy atom. The summed E-state index contributed by atoms with van der Waals surface area (Å²) in [5.74, 6) is -0.356. The molecule has 0 aromatic carbocycles. The van der Waals surface area contributed by atoms with Crippen LogP contribution in [0.25, 0.3) is 4.85 Å². The van der Waals surface area contributed by atoms with Gasteiger partial charge in [0.25, 0.3) is 0 Å². The molecule has 60 valence electrons. The molecular formula is C8H11NO2. The van der Waals surface area contributed by atoms with Gasteiger partial charge in [-0.1, -0.05) is 0 Å². The SMILES string of the molecule is [C-]#[N+]C1(C(=O)OC)CCCC1. The monoisotopic (exact) mass is 153 g/mol. The molecule has 0 bridgehead atoms. The van der Waals surface area contributed by atoms with Crippen LogP contribution < -0.4 is 0 Å². The maximum Gasteiger partial charge on any atom is 0.393 e. The summed E-state index contributed by atoms with van der Waals surface area (Å²) in [5, 5.41) is 0. The van der Waals surface area contributed by atoms with Crippen molar-refractivity contribution in [3.8, 4) is 0 Å². The lowest BCUT2D eigenvalue weighted by Gasteiger charge is -2.11. The van der Waals surface area contributed by atoms with Gasteiger partial charge in [0.05, 0.1) is 7.11 Å². The zero-order valence-corrected chi connectivity index (χ0v) is 6.59. The van der Waals surface area contributed by atoms with E-state index in [1.807, 2.05) is 0 Å². The summed E-state index contributed by atoms with van der Waals surface area (Å²) in [5.41, 5.74) is -0.825. The van der Waals surface area contributed by atoms with Gasteiger partial charge in [-0.3, -0.25) is 4.85 Å². The Kier molecular flexibility index (Phi) is 2.13. The molecule has 1 aliphatic rings. The molecule has 0 amide bonds. The topological polar surface area (TPSA) is 30.7 Å². The van der Waals surface area contributed by atoms with Crippen LogP contribution in [0.3, 0.4) is 0 Å². The Morgan fingerprint density at radius 2 is 2.09 bits per heavy atom. The second-order valence-electron chi connectivity index (χ2n) is 2.84. The average molecular weight is 153 g/mol. The van der Waals surface area contributed by atoms with Crippen LogP contribution in [-0.2, 0) is 9.53 Å². The van der Waals surface area contributed by atoms with Gasteiger partial charge < -0.3 is 4.74 Å². The van der Waals surface area contributed by atoms with E-state index in [1.165, 1.54) is 7.11 Å². The molecule has 0 saturated heterocycles. The summed E-state index contributed by atoms with van der Waals surface area (Å²) >= 11 is 0. The van der Waals surface area contributed by atoms with E-state index in [0.717, 1.165) is 12.8 Å². The van der Waals surface area contributed by atoms with Gasteiger partial charge in [-0.2, -0.15) is 0 Å². The first-order valence-electron chi connectivity index (χ1n) is 3.72. The third kappa shape index (κ3) is 1.21. The van der Waals surface area contributed by atoms with Crippen molar-refractivity contribution in [1.29, 1.82) is 0 Å². The number of rotatable bonds is 1. The number of hydrogen-bond donors (Lipinski definition) is 0. The molecule has 11 heavy (non-hydrogen) atoms. The van der Waals surface area contributed by atoms with Crippen molar-refractivity contribution in [2.45, 2.75) is 31.2 Å². The minimum Gasteiger partial charge on any atom is -0.463 e. The van der Waals surface area contributed by atoms with Crippen LogP contribution in [0.15, 0.2) is 0 Å². The van der Waals surface area contributed by atoms with Crippen molar-refractivity contribution in [3.63, 3.8) is 0 Å². The van der Waals surface area contributed by atoms with E-state index >= 15 is 0 Å². The van der Waals surface area contributed by atoms with E-state index in [2.05, 4.69) is 9.58 Å². The molecule has 1 fully saturated rings. The Morgan fingerprint density at radius 1 is 1.55 bits per heavy atom. The van der Waals surface area contributed by atoms with Crippen LogP contribution in [0, 0.1) is 6.57 Å². The van der Waals surface area contributed by atoms with Crippen LogP contribution in [-0.4, -0.2) is 18.6 Å². The zero-order chi connectivity index (χ0) is 8.32.